The zero-order valence-corrected chi connectivity index (χ0v) is 24.0. The van der Waals surface area contributed by atoms with Crippen LogP contribution in [-0.2, 0) is 11.2 Å². The minimum atomic E-state index is -1.00. The molecule has 2 N–H and O–H groups in total. The van der Waals surface area contributed by atoms with Gasteiger partial charge in [0.05, 0.1) is 12.5 Å². The van der Waals surface area contributed by atoms with E-state index < -0.39 is 5.97 Å². The van der Waals surface area contributed by atoms with Crippen molar-refractivity contribution in [3.63, 3.8) is 0 Å². The molecule has 4 aromatic carbocycles. The third kappa shape index (κ3) is 7.75. The number of rotatable bonds is 11. The van der Waals surface area contributed by atoms with Crippen molar-refractivity contribution in [1.82, 2.24) is 10.2 Å². The van der Waals surface area contributed by atoms with Gasteiger partial charge in [-0.15, -0.1) is 0 Å². The number of carboxylic acid groups (broad SMARTS) is 1. The van der Waals surface area contributed by atoms with Crippen LogP contribution in [0.3, 0.4) is 0 Å². The minimum Gasteiger partial charge on any atom is -0.481 e. The molecule has 1 unspecified atom stereocenters. The number of hydrogen-bond donors (Lipinski definition) is 2. The Morgan fingerprint density at radius 2 is 1.41 bits per heavy atom. The number of halogens is 2. The standard InChI is InChI=1S/C33H30Cl2N2O4/c1-22(23-9-3-2-4-10-23)36-32(40)28-13-7-5-11-26(28)27-12-6-8-14-29(27)33(41)37(20-18-31(38)39)19-17-24-15-16-25(34)21-30(24)35/h2-16,21-22H,17-20H2,1H3,(H,36,40)(H,38,39). The Morgan fingerprint density at radius 3 is 2.07 bits per heavy atom. The third-order valence-electron chi connectivity index (χ3n) is 6.82. The van der Waals surface area contributed by atoms with E-state index >= 15 is 0 Å². The average molecular weight is 590 g/mol. The van der Waals surface area contributed by atoms with Gasteiger partial charge in [-0.05, 0) is 59.9 Å². The summed E-state index contributed by atoms with van der Waals surface area (Å²) in [6.07, 6.45) is 0.207. The van der Waals surface area contributed by atoms with E-state index in [1.165, 1.54) is 4.90 Å². The van der Waals surface area contributed by atoms with Gasteiger partial charge in [-0.1, -0.05) is 96.0 Å². The molecule has 0 aliphatic rings. The normalized spacial score (nSPS) is 11.5. The van der Waals surface area contributed by atoms with Crippen molar-refractivity contribution >= 4 is 41.0 Å². The predicted molar refractivity (Wildman–Crippen MR) is 163 cm³/mol. The summed E-state index contributed by atoms with van der Waals surface area (Å²) in [6, 6.07) is 28.8. The van der Waals surface area contributed by atoms with Crippen molar-refractivity contribution in [3.8, 4) is 11.1 Å². The molecule has 0 fully saturated rings. The van der Waals surface area contributed by atoms with Gasteiger partial charge in [0.25, 0.3) is 11.8 Å². The quantitative estimate of drug-likeness (QED) is 0.192. The molecule has 4 rings (SSSR count). The molecule has 0 aliphatic heterocycles. The smallest absolute Gasteiger partial charge is 0.305 e. The molecule has 0 radical (unpaired) electrons. The van der Waals surface area contributed by atoms with Gasteiger partial charge < -0.3 is 15.3 Å². The van der Waals surface area contributed by atoms with Crippen LogP contribution in [0.25, 0.3) is 11.1 Å². The largest absolute Gasteiger partial charge is 0.481 e. The zero-order chi connectivity index (χ0) is 29.4. The van der Waals surface area contributed by atoms with Gasteiger partial charge in [-0.25, -0.2) is 0 Å². The number of carbonyl (C=O) groups excluding carboxylic acids is 2. The van der Waals surface area contributed by atoms with Crippen LogP contribution in [0.5, 0.6) is 0 Å². The van der Waals surface area contributed by atoms with Gasteiger partial charge in [0, 0.05) is 34.3 Å². The van der Waals surface area contributed by atoms with Crippen LogP contribution in [0.15, 0.2) is 97.1 Å². The molecule has 8 heteroatoms. The van der Waals surface area contributed by atoms with E-state index in [-0.39, 0.29) is 37.4 Å². The fourth-order valence-corrected chi connectivity index (χ4v) is 5.12. The van der Waals surface area contributed by atoms with Crippen LogP contribution in [0.4, 0.5) is 0 Å². The average Bonchev–Trinajstić information content (AvgIpc) is 2.98. The van der Waals surface area contributed by atoms with Crippen molar-refractivity contribution in [3.05, 3.63) is 129 Å². The van der Waals surface area contributed by atoms with Crippen LogP contribution in [0, 0.1) is 0 Å². The fraction of sp³-hybridized carbons (Fsp3) is 0.182. The highest BCUT2D eigenvalue weighted by molar-refractivity contribution is 6.35. The maximum absolute atomic E-state index is 13.9. The molecule has 2 amide bonds. The summed E-state index contributed by atoms with van der Waals surface area (Å²) in [6.45, 7) is 2.18. The number of hydrogen-bond acceptors (Lipinski definition) is 3. The lowest BCUT2D eigenvalue weighted by Gasteiger charge is -2.24. The molecule has 41 heavy (non-hydrogen) atoms. The SMILES string of the molecule is CC(NC(=O)c1ccccc1-c1ccccc1C(=O)N(CCC(=O)O)CCc1ccc(Cl)cc1Cl)c1ccccc1. The first-order valence-electron chi connectivity index (χ1n) is 13.2. The highest BCUT2D eigenvalue weighted by Crippen LogP contribution is 2.29. The third-order valence-corrected chi connectivity index (χ3v) is 7.40. The van der Waals surface area contributed by atoms with E-state index in [9.17, 15) is 19.5 Å². The highest BCUT2D eigenvalue weighted by Gasteiger charge is 2.23. The lowest BCUT2D eigenvalue weighted by molar-refractivity contribution is -0.137. The number of aliphatic carboxylic acids is 1. The van der Waals surface area contributed by atoms with Crippen LogP contribution in [0.1, 0.15) is 51.2 Å². The summed E-state index contributed by atoms with van der Waals surface area (Å²) in [5.74, 6) is -1.60. The first kappa shape index (κ1) is 29.8. The Balaban J connectivity index is 1.63. The molecule has 4 aromatic rings. The lowest BCUT2D eigenvalue weighted by atomic mass is 9.94. The first-order chi connectivity index (χ1) is 19.7. The van der Waals surface area contributed by atoms with Gasteiger partial charge in [0.1, 0.15) is 0 Å². The van der Waals surface area contributed by atoms with Gasteiger partial charge in [-0.3, -0.25) is 14.4 Å². The number of carboxylic acids is 1. The number of nitrogens with one attached hydrogen (secondary N) is 1. The molecular weight excluding hydrogens is 559 g/mol. The highest BCUT2D eigenvalue weighted by atomic mass is 35.5. The van der Waals surface area contributed by atoms with Gasteiger partial charge in [0.2, 0.25) is 0 Å². The van der Waals surface area contributed by atoms with Crippen molar-refractivity contribution < 1.29 is 19.5 Å². The molecule has 210 valence electrons. The summed E-state index contributed by atoms with van der Waals surface area (Å²) >= 11 is 12.4. The van der Waals surface area contributed by atoms with Crippen LogP contribution in [-0.4, -0.2) is 40.9 Å². The van der Waals surface area contributed by atoms with Crippen molar-refractivity contribution in [2.24, 2.45) is 0 Å². The van der Waals surface area contributed by atoms with E-state index in [1.54, 1.807) is 48.5 Å². The van der Waals surface area contributed by atoms with Crippen molar-refractivity contribution in [1.29, 1.82) is 0 Å². The Morgan fingerprint density at radius 1 is 0.805 bits per heavy atom. The second-order valence-electron chi connectivity index (χ2n) is 9.62. The predicted octanol–water partition coefficient (Wildman–Crippen LogP) is 7.31. The number of benzene rings is 4. The van der Waals surface area contributed by atoms with E-state index in [0.717, 1.165) is 11.1 Å². The topological polar surface area (TPSA) is 86.7 Å². The Labute approximate surface area is 249 Å². The van der Waals surface area contributed by atoms with Crippen LogP contribution in [0.2, 0.25) is 10.0 Å². The summed E-state index contributed by atoms with van der Waals surface area (Å²) in [5.41, 5.74) is 3.77. The van der Waals surface area contributed by atoms with Crippen molar-refractivity contribution in [2.45, 2.75) is 25.8 Å². The minimum absolute atomic E-state index is 0.0183. The summed E-state index contributed by atoms with van der Waals surface area (Å²) in [5, 5.41) is 13.4. The fourth-order valence-electron chi connectivity index (χ4n) is 4.62. The maximum atomic E-state index is 13.9. The zero-order valence-electron chi connectivity index (χ0n) is 22.5. The van der Waals surface area contributed by atoms with E-state index in [1.807, 2.05) is 55.5 Å². The molecule has 0 spiro atoms. The monoisotopic (exact) mass is 588 g/mol. The van der Waals surface area contributed by atoms with E-state index in [2.05, 4.69) is 5.32 Å². The molecule has 0 saturated carbocycles. The van der Waals surface area contributed by atoms with E-state index in [4.69, 9.17) is 23.2 Å². The number of amides is 2. The first-order valence-corrected chi connectivity index (χ1v) is 14.0. The van der Waals surface area contributed by atoms with Gasteiger partial charge in [0.15, 0.2) is 0 Å². The van der Waals surface area contributed by atoms with Crippen molar-refractivity contribution in [2.75, 3.05) is 13.1 Å². The van der Waals surface area contributed by atoms with Gasteiger partial charge in [-0.2, -0.15) is 0 Å². The Hall–Kier alpha value is -4.13. The molecular formula is C33H30Cl2N2O4. The molecule has 0 aliphatic carbocycles. The second-order valence-corrected chi connectivity index (χ2v) is 10.5. The molecule has 6 nitrogen and oxygen atoms in total. The number of nitrogens with zero attached hydrogens (tertiary/aromatic N) is 1. The van der Waals surface area contributed by atoms with Crippen LogP contribution < -0.4 is 5.32 Å². The Kier molecular flexibility index (Phi) is 10.2. The summed E-state index contributed by atoms with van der Waals surface area (Å²) in [7, 11) is 0. The second kappa shape index (κ2) is 14.0. The summed E-state index contributed by atoms with van der Waals surface area (Å²) in [4.78, 5) is 40.3. The van der Waals surface area contributed by atoms with Crippen LogP contribution >= 0.6 is 23.2 Å². The molecule has 0 heterocycles. The molecule has 1 atom stereocenters. The maximum Gasteiger partial charge on any atom is 0.305 e. The molecule has 0 saturated heterocycles. The lowest BCUT2D eigenvalue weighted by Crippen LogP contribution is -2.35. The van der Waals surface area contributed by atoms with Gasteiger partial charge >= 0.3 is 5.97 Å². The Bertz CT molecular complexity index is 1540. The molecule has 0 aromatic heterocycles. The molecule has 0 bridgehead atoms. The number of carbonyl (C=O) groups is 3. The van der Waals surface area contributed by atoms with E-state index in [0.29, 0.717) is 38.7 Å². The summed E-state index contributed by atoms with van der Waals surface area (Å²) < 4.78 is 0.